The average molecular weight is 449 g/mol. The summed E-state index contributed by atoms with van der Waals surface area (Å²) in [4.78, 5) is 35.2. The minimum atomic E-state index is -0.800. The van der Waals surface area contributed by atoms with Crippen LogP contribution in [0.25, 0.3) is 0 Å². The van der Waals surface area contributed by atoms with Crippen molar-refractivity contribution in [1.82, 2.24) is 10.6 Å². The van der Waals surface area contributed by atoms with Crippen molar-refractivity contribution in [3.05, 3.63) is 59.1 Å². The van der Waals surface area contributed by atoms with Gasteiger partial charge in [0.1, 0.15) is 11.5 Å². The topological polar surface area (TPSA) is 103 Å². The maximum Gasteiger partial charge on any atom is 0.513 e. The van der Waals surface area contributed by atoms with Gasteiger partial charge in [0.05, 0.1) is 18.2 Å². The minimum Gasteiger partial charge on any atom is -0.492 e. The van der Waals surface area contributed by atoms with Gasteiger partial charge in [-0.15, -0.1) is 0 Å². The Bertz CT molecular complexity index is 873. The zero-order valence-corrected chi connectivity index (χ0v) is 17.9. The first kappa shape index (κ1) is 24.0. The average Bonchev–Trinajstić information content (AvgIpc) is 2.76. The van der Waals surface area contributed by atoms with Crippen LogP contribution >= 0.6 is 11.6 Å². The maximum absolute atomic E-state index is 12.1. The Balaban J connectivity index is 1.59. The van der Waals surface area contributed by atoms with Gasteiger partial charge >= 0.3 is 6.16 Å². The molecule has 2 rings (SSSR count). The van der Waals surface area contributed by atoms with Crippen molar-refractivity contribution in [2.75, 3.05) is 26.3 Å². The third kappa shape index (κ3) is 8.96. The predicted molar refractivity (Wildman–Crippen MR) is 116 cm³/mol. The van der Waals surface area contributed by atoms with Crippen LogP contribution in [-0.2, 0) is 9.53 Å². The second-order valence-corrected chi connectivity index (χ2v) is 6.70. The molecule has 0 aliphatic carbocycles. The minimum absolute atomic E-state index is 0.127. The number of ether oxygens (including phenoxy) is 3. The molecule has 2 N–H and O–H groups in total. The molecule has 2 aromatic carbocycles. The van der Waals surface area contributed by atoms with E-state index in [2.05, 4.69) is 15.4 Å². The SMILES string of the molecule is CCOC(=O)Oc1ccc(C(=O)NCCNC(=O)CCCOc2ccccc2Cl)cc1. The van der Waals surface area contributed by atoms with E-state index in [1.165, 1.54) is 24.3 Å². The van der Waals surface area contributed by atoms with Gasteiger partial charge in [-0.3, -0.25) is 9.59 Å². The number of rotatable bonds is 11. The van der Waals surface area contributed by atoms with Crippen molar-refractivity contribution < 1.29 is 28.6 Å². The van der Waals surface area contributed by atoms with E-state index >= 15 is 0 Å². The fourth-order valence-corrected chi connectivity index (χ4v) is 2.65. The van der Waals surface area contributed by atoms with E-state index in [4.69, 9.17) is 21.1 Å². The van der Waals surface area contributed by atoms with Gasteiger partial charge in [0.2, 0.25) is 5.91 Å². The van der Waals surface area contributed by atoms with Gasteiger partial charge in [0.25, 0.3) is 5.91 Å². The number of nitrogens with one attached hydrogen (secondary N) is 2. The second kappa shape index (κ2) is 13.1. The molecule has 0 unspecified atom stereocenters. The third-order valence-electron chi connectivity index (χ3n) is 3.95. The zero-order valence-electron chi connectivity index (χ0n) is 17.2. The summed E-state index contributed by atoms with van der Waals surface area (Å²) in [6.45, 7) is 2.85. The van der Waals surface area contributed by atoms with E-state index in [0.717, 1.165) is 0 Å². The van der Waals surface area contributed by atoms with E-state index in [-0.39, 0.29) is 30.7 Å². The molecule has 0 aliphatic heterocycles. The van der Waals surface area contributed by atoms with Gasteiger partial charge in [-0.25, -0.2) is 4.79 Å². The number of hydrogen-bond acceptors (Lipinski definition) is 6. The molecule has 166 valence electrons. The first-order valence-electron chi connectivity index (χ1n) is 9.86. The Morgan fingerprint density at radius 1 is 0.968 bits per heavy atom. The van der Waals surface area contributed by atoms with E-state index in [9.17, 15) is 14.4 Å². The lowest BCUT2D eigenvalue weighted by Crippen LogP contribution is -2.34. The summed E-state index contributed by atoms with van der Waals surface area (Å²) in [5.41, 5.74) is 0.402. The highest BCUT2D eigenvalue weighted by atomic mass is 35.5. The van der Waals surface area contributed by atoms with Crippen LogP contribution in [0.5, 0.6) is 11.5 Å². The van der Waals surface area contributed by atoms with Crippen molar-refractivity contribution in [3.63, 3.8) is 0 Å². The Kier molecular flexibility index (Phi) is 10.2. The van der Waals surface area contributed by atoms with Crippen molar-refractivity contribution in [2.45, 2.75) is 19.8 Å². The maximum atomic E-state index is 12.1. The Morgan fingerprint density at radius 2 is 1.68 bits per heavy atom. The quantitative estimate of drug-likeness (QED) is 0.309. The van der Waals surface area contributed by atoms with Crippen LogP contribution in [0.2, 0.25) is 5.02 Å². The van der Waals surface area contributed by atoms with Crippen molar-refractivity contribution in [2.24, 2.45) is 0 Å². The third-order valence-corrected chi connectivity index (χ3v) is 4.27. The molecule has 0 aromatic heterocycles. The summed E-state index contributed by atoms with van der Waals surface area (Å²) in [6.07, 6.45) is 0.0510. The van der Waals surface area contributed by atoms with Crippen molar-refractivity contribution >= 4 is 29.6 Å². The standard InChI is InChI=1S/C22H25ClN2O6/c1-2-29-22(28)31-17-11-9-16(10-12-17)21(27)25-14-13-24-20(26)8-5-15-30-19-7-4-3-6-18(19)23/h3-4,6-7,9-12H,2,5,8,13-15H2,1H3,(H,24,26)(H,25,27). The summed E-state index contributed by atoms with van der Waals surface area (Å²) in [5.74, 6) is 0.441. The van der Waals surface area contributed by atoms with Gasteiger partial charge in [-0.05, 0) is 49.7 Å². The zero-order chi connectivity index (χ0) is 22.5. The van der Waals surface area contributed by atoms with Crippen LogP contribution in [0.4, 0.5) is 4.79 Å². The summed E-state index contributed by atoms with van der Waals surface area (Å²) < 4.78 is 15.1. The molecule has 0 saturated heterocycles. The molecule has 0 heterocycles. The highest BCUT2D eigenvalue weighted by Gasteiger charge is 2.08. The van der Waals surface area contributed by atoms with Crippen molar-refractivity contribution in [3.8, 4) is 11.5 Å². The first-order chi connectivity index (χ1) is 15.0. The lowest BCUT2D eigenvalue weighted by molar-refractivity contribution is -0.121. The molecule has 8 nitrogen and oxygen atoms in total. The Labute approximate surface area is 185 Å². The summed E-state index contributed by atoms with van der Waals surface area (Å²) in [5, 5.41) is 5.97. The smallest absolute Gasteiger partial charge is 0.492 e. The van der Waals surface area contributed by atoms with Crippen molar-refractivity contribution in [1.29, 1.82) is 0 Å². The molecule has 0 saturated carbocycles. The van der Waals surface area contributed by atoms with Crippen LogP contribution in [0.1, 0.15) is 30.1 Å². The molecule has 0 atom stereocenters. The lowest BCUT2D eigenvalue weighted by atomic mass is 10.2. The number of benzene rings is 2. The molecule has 0 radical (unpaired) electrons. The second-order valence-electron chi connectivity index (χ2n) is 6.30. The molecule has 31 heavy (non-hydrogen) atoms. The van der Waals surface area contributed by atoms with Crippen LogP contribution in [0.15, 0.2) is 48.5 Å². The fraction of sp³-hybridized carbons (Fsp3) is 0.318. The molecular formula is C22H25ClN2O6. The molecule has 9 heteroatoms. The van der Waals surface area contributed by atoms with E-state index in [1.807, 2.05) is 12.1 Å². The number of carbonyl (C=O) groups is 3. The van der Waals surface area contributed by atoms with Crippen LogP contribution in [0.3, 0.4) is 0 Å². The van der Waals surface area contributed by atoms with Gasteiger partial charge < -0.3 is 24.8 Å². The number of carbonyl (C=O) groups excluding carboxylic acids is 3. The van der Waals surface area contributed by atoms with Gasteiger partial charge in [0, 0.05) is 25.1 Å². The molecule has 0 aliphatic rings. The normalized spacial score (nSPS) is 10.1. The molecule has 0 bridgehead atoms. The van der Waals surface area contributed by atoms with Crippen LogP contribution in [-0.4, -0.2) is 44.3 Å². The van der Waals surface area contributed by atoms with Gasteiger partial charge in [0.15, 0.2) is 0 Å². The van der Waals surface area contributed by atoms with E-state index < -0.39 is 6.16 Å². The highest BCUT2D eigenvalue weighted by molar-refractivity contribution is 6.32. The summed E-state index contributed by atoms with van der Waals surface area (Å²) in [6, 6.07) is 13.2. The van der Waals surface area contributed by atoms with Gasteiger partial charge in [-0.2, -0.15) is 0 Å². The largest absolute Gasteiger partial charge is 0.513 e. The van der Waals surface area contributed by atoms with E-state index in [1.54, 1.807) is 19.1 Å². The first-order valence-corrected chi connectivity index (χ1v) is 10.2. The fourth-order valence-electron chi connectivity index (χ4n) is 2.46. The number of amides is 2. The summed E-state index contributed by atoms with van der Waals surface area (Å²) >= 11 is 6.00. The van der Waals surface area contributed by atoms with Gasteiger partial charge in [-0.1, -0.05) is 23.7 Å². The van der Waals surface area contributed by atoms with Crippen LogP contribution < -0.4 is 20.1 Å². The summed E-state index contributed by atoms with van der Waals surface area (Å²) in [7, 11) is 0. The monoisotopic (exact) mass is 448 g/mol. The lowest BCUT2D eigenvalue weighted by Gasteiger charge is -2.09. The van der Waals surface area contributed by atoms with E-state index in [0.29, 0.717) is 42.3 Å². The Hall–Kier alpha value is -3.26. The number of para-hydroxylation sites is 1. The molecule has 2 aromatic rings. The predicted octanol–water partition coefficient (Wildman–Crippen LogP) is 3.58. The highest BCUT2D eigenvalue weighted by Crippen LogP contribution is 2.23. The molecular weight excluding hydrogens is 424 g/mol. The molecule has 2 amide bonds. The number of hydrogen-bond donors (Lipinski definition) is 2. The van der Waals surface area contributed by atoms with Crippen LogP contribution in [0, 0.1) is 0 Å². The molecule has 0 spiro atoms. The molecule has 0 fully saturated rings. The Morgan fingerprint density at radius 3 is 2.39 bits per heavy atom. The number of halogens is 1.